The van der Waals surface area contributed by atoms with Gasteiger partial charge >= 0.3 is 0 Å². The molecular weight excluding hydrogens is 368 g/mol. The maximum absolute atomic E-state index is 12.5. The Bertz CT molecular complexity index is 895. The van der Waals surface area contributed by atoms with Crippen LogP contribution in [0.4, 0.5) is 5.69 Å². The normalized spacial score (nSPS) is 18.2. The Labute approximate surface area is 170 Å². The van der Waals surface area contributed by atoms with Crippen LogP contribution in [0.5, 0.6) is 0 Å². The van der Waals surface area contributed by atoms with Crippen LogP contribution in [0.1, 0.15) is 29.9 Å². The lowest BCUT2D eigenvalue weighted by atomic mass is 10.1. The van der Waals surface area contributed by atoms with Gasteiger partial charge in [-0.3, -0.25) is 14.5 Å². The summed E-state index contributed by atoms with van der Waals surface area (Å²) in [4.78, 5) is 30.3. The molecule has 0 aliphatic carbocycles. The molecule has 4 rings (SSSR count). The molecule has 2 aliphatic rings. The predicted molar refractivity (Wildman–Crippen MR) is 110 cm³/mol. The first kappa shape index (κ1) is 19.4. The van der Waals surface area contributed by atoms with Gasteiger partial charge in [0.15, 0.2) is 5.76 Å². The van der Waals surface area contributed by atoms with Crippen LogP contribution in [0.3, 0.4) is 0 Å². The molecule has 0 bridgehead atoms. The quantitative estimate of drug-likeness (QED) is 0.729. The van der Waals surface area contributed by atoms with Gasteiger partial charge in [0.1, 0.15) is 0 Å². The summed E-state index contributed by atoms with van der Waals surface area (Å²) in [6.45, 7) is 6.46. The molecule has 1 aromatic heterocycles. The van der Waals surface area contributed by atoms with Crippen LogP contribution in [0.25, 0.3) is 6.08 Å². The first-order valence-corrected chi connectivity index (χ1v) is 10.1. The Kier molecular flexibility index (Phi) is 5.76. The van der Waals surface area contributed by atoms with Gasteiger partial charge in [0.05, 0.1) is 12.2 Å². The summed E-state index contributed by atoms with van der Waals surface area (Å²) in [5, 5.41) is 3.92. The van der Waals surface area contributed by atoms with Gasteiger partial charge in [0, 0.05) is 57.0 Å². The fourth-order valence-corrected chi connectivity index (χ4v) is 3.80. The first-order chi connectivity index (χ1) is 14.1. The van der Waals surface area contributed by atoms with E-state index in [9.17, 15) is 9.59 Å². The van der Waals surface area contributed by atoms with Gasteiger partial charge in [-0.15, -0.1) is 0 Å². The van der Waals surface area contributed by atoms with E-state index in [1.807, 2.05) is 53.1 Å². The zero-order chi connectivity index (χ0) is 20.2. The van der Waals surface area contributed by atoms with Crippen LogP contribution < -0.4 is 4.90 Å². The third-order valence-electron chi connectivity index (χ3n) is 5.44. The lowest BCUT2D eigenvalue weighted by Crippen LogP contribution is -2.47. The molecule has 0 saturated carbocycles. The molecular formula is C22H26N4O3. The summed E-state index contributed by atoms with van der Waals surface area (Å²) < 4.78 is 5.27. The van der Waals surface area contributed by atoms with Crippen LogP contribution in [0, 0.1) is 6.92 Å². The fraction of sp³-hybridized carbons (Fsp3) is 0.409. The van der Waals surface area contributed by atoms with Crippen molar-refractivity contribution < 1.29 is 14.1 Å². The van der Waals surface area contributed by atoms with E-state index < -0.39 is 0 Å². The summed E-state index contributed by atoms with van der Waals surface area (Å²) in [5.41, 5.74) is 2.76. The van der Waals surface area contributed by atoms with Crippen LogP contribution in [-0.4, -0.2) is 59.5 Å². The number of aromatic nitrogens is 1. The van der Waals surface area contributed by atoms with E-state index in [1.54, 1.807) is 6.08 Å². The molecule has 1 aromatic carbocycles. The number of amides is 2. The van der Waals surface area contributed by atoms with Crippen LogP contribution in [-0.2, 0) is 16.1 Å². The van der Waals surface area contributed by atoms with Gasteiger partial charge in [-0.2, -0.15) is 0 Å². The SMILES string of the molecule is Cc1cc(CN2CCN(C(=O)/C=C/c3ccc(N4CCCC4=O)cc3)CC2)on1. The van der Waals surface area contributed by atoms with Gasteiger partial charge < -0.3 is 14.3 Å². The number of carbonyl (C=O) groups excluding carboxylic acids is 2. The maximum Gasteiger partial charge on any atom is 0.246 e. The molecule has 0 atom stereocenters. The number of hydrogen-bond acceptors (Lipinski definition) is 5. The smallest absolute Gasteiger partial charge is 0.246 e. The van der Waals surface area contributed by atoms with Crippen molar-refractivity contribution in [3.63, 3.8) is 0 Å². The molecule has 2 saturated heterocycles. The van der Waals surface area contributed by atoms with E-state index in [1.165, 1.54) is 0 Å². The van der Waals surface area contributed by atoms with Gasteiger partial charge in [-0.25, -0.2) is 0 Å². The molecule has 7 nitrogen and oxygen atoms in total. The van der Waals surface area contributed by atoms with E-state index in [0.717, 1.165) is 55.3 Å². The number of rotatable bonds is 5. The van der Waals surface area contributed by atoms with Crippen molar-refractivity contribution >= 4 is 23.6 Å². The standard InChI is InChI=1S/C22H26N4O3/c1-17-15-20(29-23-17)16-24-11-13-25(14-12-24)21(27)9-6-18-4-7-19(8-5-18)26-10-2-3-22(26)28/h4-9,15H,2-3,10-14,16H2,1H3/b9-6+. The summed E-state index contributed by atoms with van der Waals surface area (Å²) >= 11 is 0. The second-order valence-corrected chi connectivity index (χ2v) is 7.61. The highest BCUT2D eigenvalue weighted by Gasteiger charge is 2.22. The summed E-state index contributed by atoms with van der Waals surface area (Å²) in [6, 6.07) is 9.73. The number of hydrogen-bond donors (Lipinski definition) is 0. The summed E-state index contributed by atoms with van der Waals surface area (Å²) in [6.07, 6.45) is 5.01. The molecule has 7 heteroatoms. The molecule has 0 spiro atoms. The van der Waals surface area contributed by atoms with Crippen LogP contribution in [0.2, 0.25) is 0 Å². The Morgan fingerprint density at radius 3 is 2.52 bits per heavy atom. The Hall–Kier alpha value is -2.93. The number of benzene rings is 1. The Balaban J connectivity index is 1.27. The van der Waals surface area contributed by atoms with Gasteiger partial charge in [-0.1, -0.05) is 17.3 Å². The third-order valence-corrected chi connectivity index (χ3v) is 5.44. The molecule has 2 fully saturated rings. The summed E-state index contributed by atoms with van der Waals surface area (Å²) in [5.74, 6) is 1.07. The monoisotopic (exact) mass is 394 g/mol. The van der Waals surface area contributed by atoms with Crippen molar-refractivity contribution in [3.05, 3.63) is 53.4 Å². The van der Waals surface area contributed by atoms with E-state index >= 15 is 0 Å². The topological polar surface area (TPSA) is 69.9 Å². The van der Waals surface area contributed by atoms with E-state index in [-0.39, 0.29) is 11.8 Å². The molecule has 2 aliphatic heterocycles. The number of carbonyl (C=O) groups is 2. The van der Waals surface area contributed by atoms with Gasteiger partial charge in [-0.05, 0) is 37.1 Å². The van der Waals surface area contributed by atoms with Crippen molar-refractivity contribution in [2.45, 2.75) is 26.3 Å². The van der Waals surface area contributed by atoms with Crippen molar-refractivity contribution in [2.24, 2.45) is 0 Å². The van der Waals surface area contributed by atoms with E-state index in [2.05, 4.69) is 10.1 Å². The molecule has 0 radical (unpaired) electrons. The highest BCUT2D eigenvalue weighted by atomic mass is 16.5. The van der Waals surface area contributed by atoms with Crippen molar-refractivity contribution in [2.75, 3.05) is 37.6 Å². The maximum atomic E-state index is 12.5. The molecule has 0 unspecified atom stereocenters. The minimum absolute atomic E-state index is 0.0268. The Morgan fingerprint density at radius 2 is 1.90 bits per heavy atom. The number of aryl methyl sites for hydroxylation is 1. The zero-order valence-corrected chi connectivity index (χ0v) is 16.7. The fourth-order valence-electron chi connectivity index (χ4n) is 3.80. The molecule has 2 amide bonds. The number of piperazine rings is 1. The van der Waals surface area contributed by atoms with Gasteiger partial charge in [0.25, 0.3) is 0 Å². The lowest BCUT2D eigenvalue weighted by Gasteiger charge is -2.33. The molecule has 29 heavy (non-hydrogen) atoms. The predicted octanol–water partition coefficient (Wildman–Crippen LogP) is 2.47. The average molecular weight is 394 g/mol. The van der Waals surface area contributed by atoms with Crippen LogP contribution in [0.15, 0.2) is 40.9 Å². The van der Waals surface area contributed by atoms with Gasteiger partial charge in [0.2, 0.25) is 11.8 Å². The lowest BCUT2D eigenvalue weighted by molar-refractivity contribution is -0.127. The van der Waals surface area contributed by atoms with E-state index in [4.69, 9.17) is 4.52 Å². The second-order valence-electron chi connectivity index (χ2n) is 7.61. The van der Waals surface area contributed by atoms with E-state index in [0.29, 0.717) is 19.5 Å². The second kappa shape index (κ2) is 8.61. The first-order valence-electron chi connectivity index (χ1n) is 10.1. The van der Waals surface area contributed by atoms with Crippen molar-refractivity contribution in [1.82, 2.24) is 15.0 Å². The van der Waals surface area contributed by atoms with Crippen molar-refractivity contribution in [1.29, 1.82) is 0 Å². The number of anilines is 1. The van der Waals surface area contributed by atoms with Crippen LogP contribution >= 0.6 is 0 Å². The largest absolute Gasteiger partial charge is 0.360 e. The summed E-state index contributed by atoms with van der Waals surface area (Å²) in [7, 11) is 0. The minimum atomic E-state index is 0.0268. The molecule has 3 heterocycles. The minimum Gasteiger partial charge on any atom is -0.360 e. The molecule has 152 valence electrons. The average Bonchev–Trinajstić information content (AvgIpc) is 3.35. The molecule has 0 N–H and O–H groups in total. The Morgan fingerprint density at radius 1 is 1.14 bits per heavy atom. The highest BCUT2D eigenvalue weighted by Crippen LogP contribution is 2.22. The molecule has 2 aromatic rings. The third kappa shape index (κ3) is 4.74. The number of nitrogens with zero attached hydrogens (tertiary/aromatic N) is 4. The zero-order valence-electron chi connectivity index (χ0n) is 16.7. The van der Waals surface area contributed by atoms with Crippen molar-refractivity contribution in [3.8, 4) is 0 Å². The highest BCUT2D eigenvalue weighted by molar-refractivity contribution is 5.95.